The Morgan fingerprint density at radius 3 is 2.36 bits per heavy atom. The number of aromatic hydroxyl groups is 2. The second-order valence-corrected chi connectivity index (χ2v) is 10.1. The SMILES string of the molecule is CCCCCc1cc(O)c(C/C=C(\C)CCC=C(C)C)c(O)c1S(=O)(=O)Oc1ccccc1. The molecule has 0 aromatic heterocycles. The number of allylic oxidation sites excluding steroid dienone is 4. The van der Waals surface area contributed by atoms with E-state index in [1.165, 1.54) is 11.6 Å². The highest BCUT2D eigenvalue weighted by molar-refractivity contribution is 7.87. The van der Waals surface area contributed by atoms with Crippen molar-refractivity contribution < 1.29 is 22.8 Å². The Morgan fingerprint density at radius 1 is 1.03 bits per heavy atom. The lowest BCUT2D eigenvalue weighted by Gasteiger charge is -2.17. The summed E-state index contributed by atoms with van der Waals surface area (Å²) >= 11 is 0. The minimum Gasteiger partial charge on any atom is -0.508 e. The van der Waals surface area contributed by atoms with Gasteiger partial charge in [-0.1, -0.05) is 61.3 Å². The van der Waals surface area contributed by atoms with Crippen LogP contribution in [-0.4, -0.2) is 18.6 Å². The lowest BCUT2D eigenvalue weighted by atomic mass is 10.00. The molecule has 0 atom stereocenters. The van der Waals surface area contributed by atoms with Gasteiger partial charge >= 0.3 is 10.1 Å². The molecule has 0 radical (unpaired) electrons. The summed E-state index contributed by atoms with van der Waals surface area (Å²) in [6.07, 6.45) is 9.09. The molecule has 0 spiro atoms. The van der Waals surface area contributed by atoms with Gasteiger partial charge in [0.1, 0.15) is 17.2 Å². The molecule has 180 valence electrons. The maximum atomic E-state index is 13.2. The largest absolute Gasteiger partial charge is 0.508 e. The highest BCUT2D eigenvalue weighted by Gasteiger charge is 2.29. The summed E-state index contributed by atoms with van der Waals surface area (Å²) in [4.78, 5) is -0.258. The van der Waals surface area contributed by atoms with E-state index in [0.29, 0.717) is 12.0 Å². The second kappa shape index (κ2) is 12.5. The van der Waals surface area contributed by atoms with Gasteiger partial charge in [-0.2, -0.15) is 8.42 Å². The quantitative estimate of drug-likeness (QED) is 0.201. The first kappa shape index (κ1) is 26.5. The van der Waals surface area contributed by atoms with Crippen LogP contribution >= 0.6 is 0 Å². The summed E-state index contributed by atoms with van der Waals surface area (Å²) in [6.45, 7) is 8.15. The van der Waals surface area contributed by atoms with Crippen LogP contribution in [0, 0.1) is 0 Å². The third-order valence-corrected chi connectivity index (χ3v) is 6.77. The first-order valence-electron chi connectivity index (χ1n) is 11.5. The maximum Gasteiger partial charge on any atom is 0.343 e. The van der Waals surface area contributed by atoms with Gasteiger partial charge in [0.2, 0.25) is 0 Å². The number of rotatable bonds is 12. The van der Waals surface area contributed by atoms with Crippen LogP contribution in [0.25, 0.3) is 0 Å². The molecule has 2 aromatic rings. The van der Waals surface area contributed by atoms with E-state index in [1.807, 2.05) is 13.0 Å². The van der Waals surface area contributed by atoms with Crippen molar-refractivity contribution in [3.8, 4) is 17.2 Å². The summed E-state index contributed by atoms with van der Waals surface area (Å²) in [5.41, 5.74) is 2.90. The van der Waals surface area contributed by atoms with Gasteiger partial charge in [-0.15, -0.1) is 0 Å². The zero-order chi connectivity index (χ0) is 24.4. The third-order valence-electron chi connectivity index (χ3n) is 5.41. The Kier molecular flexibility index (Phi) is 10.0. The van der Waals surface area contributed by atoms with E-state index in [9.17, 15) is 18.6 Å². The van der Waals surface area contributed by atoms with E-state index in [-0.39, 0.29) is 28.4 Å². The van der Waals surface area contributed by atoms with Crippen molar-refractivity contribution >= 4 is 10.1 Å². The summed E-state index contributed by atoms with van der Waals surface area (Å²) in [5, 5.41) is 21.7. The van der Waals surface area contributed by atoms with Gasteiger partial charge in [-0.25, -0.2) is 0 Å². The number of para-hydroxylation sites is 1. The van der Waals surface area contributed by atoms with Gasteiger partial charge < -0.3 is 14.4 Å². The lowest BCUT2D eigenvalue weighted by Crippen LogP contribution is -2.14. The highest BCUT2D eigenvalue weighted by Crippen LogP contribution is 2.39. The minimum atomic E-state index is -4.30. The fraction of sp³-hybridized carbons (Fsp3) is 0.407. The van der Waals surface area contributed by atoms with Crippen LogP contribution in [0.15, 0.2) is 64.6 Å². The smallest absolute Gasteiger partial charge is 0.343 e. The molecule has 2 aromatic carbocycles. The predicted molar refractivity (Wildman–Crippen MR) is 133 cm³/mol. The van der Waals surface area contributed by atoms with E-state index in [1.54, 1.807) is 30.3 Å². The van der Waals surface area contributed by atoms with Gasteiger partial charge in [-0.3, -0.25) is 0 Å². The van der Waals surface area contributed by atoms with Crippen molar-refractivity contribution in [2.45, 2.75) is 77.5 Å². The minimum absolute atomic E-state index is 0.106. The predicted octanol–water partition coefficient (Wildman–Crippen LogP) is 6.83. The number of hydrogen-bond donors (Lipinski definition) is 2. The molecular formula is C27H36O5S. The molecule has 0 fully saturated rings. The van der Waals surface area contributed by atoms with E-state index in [4.69, 9.17) is 4.18 Å². The average Bonchev–Trinajstić information content (AvgIpc) is 2.73. The van der Waals surface area contributed by atoms with Gasteiger partial charge in [0.25, 0.3) is 0 Å². The van der Waals surface area contributed by atoms with E-state index in [0.717, 1.165) is 37.7 Å². The topological polar surface area (TPSA) is 83.8 Å². The Hall–Kier alpha value is -2.73. The molecule has 0 aliphatic carbocycles. The standard InChI is InChI=1S/C27H36O5S/c1-5-6-8-14-22-19-25(28)24(18-17-21(4)13-11-12-20(2)3)26(29)27(22)33(30,31)32-23-15-9-7-10-16-23/h7,9-10,12,15-17,19,28-29H,5-6,8,11,13-14,18H2,1-4H3/b21-17+. The zero-order valence-corrected chi connectivity index (χ0v) is 20.9. The summed E-state index contributed by atoms with van der Waals surface area (Å²) in [6, 6.07) is 9.67. The highest BCUT2D eigenvalue weighted by atomic mass is 32.2. The van der Waals surface area contributed by atoms with E-state index >= 15 is 0 Å². The Labute approximate surface area is 198 Å². The second-order valence-electron chi connectivity index (χ2n) is 8.59. The molecular weight excluding hydrogens is 436 g/mol. The molecule has 2 N–H and O–H groups in total. The Balaban J connectivity index is 2.43. The number of unbranched alkanes of at least 4 members (excludes halogenated alkanes) is 2. The molecule has 2 rings (SSSR count). The Morgan fingerprint density at radius 2 is 1.73 bits per heavy atom. The average molecular weight is 473 g/mol. The molecule has 0 aliphatic rings. The van der Waals surface area contributed by atoms with Crippen LogP contribution in [0.1, 0.15) is 70.9 Å². The van der Waals surface area contributed by atoms with Crippen molar-refractivity contribution in [2.24, 2.45) is 0 Å². The molecule has 6 heteroatoms. The van der Waals surface area contributed by atoms with Gasteiger partial charge in [0.05, 0.1) is 0 Å². The molecule has 0 amide bonds. The van der Waals surface area contributed by atoms with Crippen LogP contribution in [0.3, 0.4) is 0 Å². The van der Waals surface area contributed by atoms with Crippen molar-refractivity contribution in [3.05, 3.63) is 70.8 Å². The normalized spacial score (nSPS) is 11.9. The monoisotopic (exact) mass is 472 g/mol. The van der Waals surface area contributed by atoms with E-state index < -0.39 is 15.9 Å². The Bertz CT molecular complexity index is 1080. The molecule has 0 aliphatic heterocycles. The van der Waals surface area contributed by atoms with Crippen LogP contribution in [-0.2, 0) is 23.0 Å². The van der Waals surface area contributed by atoms with Gasteiger partial charge in [0.15, 0.2) is 4.90 Å². The first-order valence-corrected chi connectivity index (χ1v) is 12.9. The van der Waals surface area contributed by atoms with Crippen molar-refractivity contribution in [2.75, 3.05) is 0 Å². The summed E-state index contributed by atoms with van der Waals surface area (Å²) in [5.74, 6) is -0.377. The molecule has 0 saturated carbocycles. The van der Waals surface area contributed by atoms with Crippen LogP contribution in [0.4, 0.5) is 0 Å². The number of aryl methyl sites for hydroxylation is 1. The summed E-state index contributed by atoms with van der Waals surface area (Å²) in [7, 11) is -4.30. The van der Waals surface area contributed by atoms with E-state index in [2.05, 4.69) is 26.8 Å². The van der Waals surface area contributed by atoms with Crippen LogP contribution < -0.4 is 4.18 Å². The first-order chi connectivity index (χ1) is 15.7. The molecule has 0 bridgehead atoms. The fourth-order valence-electron chi connectivity index (χ4n) is 3.57. The molecule has 0 heterocycles. The van der Waals surface area contributed by atoms with Crippen molar-refractivity contribution in [1.29, 1.82) is 0 Å². The number of phenolic OH excluding ortho intramolecular Hbond substituents is 2. The third kappa shape index (κ3) is 7.97. The number of benzene rings is 2. The number of hydrogen-bond acceptors (Lipinski definition) is 5. The zero-order valence-electron chi connectivity index (χ0n) is 20.1. The van der Waals surface area contributed by atoms with Gasteiger partial charge in [-0.05, 0) is 76.6 Å². The van der Waals surface area contributed by atoms with Crippen molar-refractivity contribution in [3.63, 3.8) is 0 Å². The molecule has 5 nitrogen and oxygen atoms in total. The lowest BCUT2D eigenvalue weighted by molar-refractivity contribution is 0.420. The number of phenols is 2. The summed E-state index contributed by atoms with van der Waals surface area (Å²) < 4.78 is 31.7. The van der Waals surface area contributed by atoms with Gasteiger partial charge in [0, 0.05) is 5.56 Å². The molecule has 33 heavy (non-hydrogen) atoms. The molecule has 0 unspecified atom stereocenters. The van der Waals surface area contributed by atoms with Crippen molar-refractivity contribution in [1.82, 2.24) is 0 Å². The van der Waals surface area contributed by atoms with Crippen LogP contribution in [0.2, 0.25) is 0 Å². The fourth-order valence-corrected chi connectivity index (χ4v) is 4.86. The maximum absolute atomic E-state index is 13.2. The molecule has 0 saturated heterocycles. The van der Waals surface area contributed by atoms with Crippen LogP contribution in [0.5, 0.6) is 17.2 Å².